The highest BCUT2D eigenvalue weighted by atomic mass is 32.1. The van der Waals surface area contributed by atoms with Gasteiger partial charge in [0.15, 0.2) is 0 Å². The number of anilines is 1. The van der Waals surface area contributed by atoms with Gasteiger partial charge in [-0.1, -0.05) is 30.3 Å². The standard InChI is InChI=1S/C20H17N3O4S/c1-12-17(28-20(22-12)14-5-3-2-4-6-14)19(27)23-15-9-7-13(8-10-15)18(26)21-11-16(24)25/h2-10H,11H2,1H3,(H,21,26)(H,23,27)(H,24,25). The topological polar surface area (TPSA) is 108 Å². The lowest BCUT2D eigenvalue weighted by Gasteiger charge is -2.06. The molecule has 1 aromatic heterocycles. The Balaban J connectivity index is 1.69. The van der Waals surface area contributed by atoms with Crippen LogP contribution in [0.1, 0.15) is 25.7 Å². The van der Waals surface area contributed by atoms with Crippen molar-refractivity contribution in [3.63, 3.8) is 0 Å². The predicted octanol–water partition coefficient (Wildman–Crippen LogP) is 3.19. The normalized spacial score (nSPS) is 10.3. The Morgan fingerprint density at radius 2 is 1.68 bits per heavy atom. The van der Waals surface area contributed by atoms with E-state index in [-0.39, 0.29) is 5.91 Å². The van der Waals surface area contributed by atoms with Gasteiger partial charge in [-0.15, -0.1) is 11.3 Å². The maximum absolute atomic E-state index is 12.6. The van der Waals surface area contributed by atoms with Gasteiger partial charge in [0.05, 0.1) is 5.69 Å². The molecule has 0 radical (unpaired) electrons. The van der Waals surface area contributed by atoms with Gasteiger partial charge in [0, 0.05) is 16.8 Å². The second kappa shape index (κ2) is 8.45. The van der Waals surface area contributed by atoms with E-state index in [0.717, 1.165) is 10.6 Å². The lowest BCUT2D eigenvalue weighted by molar-refractivity contribution is -0.135. The van der Waals surface area contributed by atoms with Crippen LogP contribution in [0.3, 0.4) is 0 Å². The highest BCUT2D eigenvalue weighted by Gasteiger charge is 2.16. The number of nitrogens with one attached hydrogen (secondary N) is 2. The number of carboxylic acids is 1. The Morgan fingerprint density at radius 1 is 1.00 bits per heavy atom. The molecule has 142 valence electrons. The van der Waals surface area contributed by atoms with Crippen molar-refractivity contribution in [3.8, 4) is 10.6 Å². The number of rotatable bonds is 6. The van der Waals surface area contributed by atoms with Crippen LogP contribution < -0.4 is 10.6 Å². The van der Waals surface area contributed by atoms with Crippen molar-refractivity contribution >= 4 is 34.8 Å². The first kappa shape index (κ1) is 19.2. The molecule has 0 aliphatic heterocycles. The van der Waals surface area contributed by atoms with E-state index in [4.69, 9.17) is 5.11 Å². The van der Waals surface area contributed by atoms with Crippen molar-refractivity contribution in [3.05, 3.63) is 70.7 Å². The van der Waals surface area contributed by atoms with Crippen LogP contribution in [-0.4, -0.2) is 34.4 Å². The van der Waals surface area contributed by atoms with Crippen LogP contribution in [-0.2, 0) is 4.79 Å². The van der Waals surface area contributed by atoms with Crippen molar-refractivity contribution < 1.29 is 19.5 Å². The maximum Gasteiger partial charge on any atom is 0.322 e. The van der Waals surface area contributed by atoms with Crippen molar-refractivity contribution in [2.45, 2.75) is 6.92 Å². The van der Waals surface area contributed by atoms with Gasteiger partial charge in [0.25, 0.3) is 11.8 Å². The molecule has 2 aromatic carbocycles. The molecule has 0 spiro atoms. The van der Waals surface area contributed by atoms with Crippen molar-refractivity contribution in [1.29, 1.82) is 0 Å². The van der Waals surface area contributed by atoms with Crippen LogP contribution in [0.4, 0.5) is 5.69 Å². The third-order valence-electron chi connectivity index (χ3n) is 3.83. The van der Waals surface area contributed by atoms with E-state index < -0.39 is 18.4 Å². The molecule has 0 aliphatic rings. The number of aromatic nitrogens is 1. The Kier molecular flexibility index (Phi) is 5.81. The van der Waals surface area contributed by atoms with Crippen LogP contribution in [0.25, 0.3) is 10.6 Å². The third kappa shape index (κ3) is 4.60. The van der Waals surface area contributed by atoms with Crippen molar-refractivity contribution in [2.24, 2.45) is 0 Å². The van der Waals surface area contributed by atoms with Gasteiger partial charge in [0.1, 0.15) is 16.4 Å². The molecule has 2 amide bonds. The number of nitrogens with zero attached hydrogens (tertiary/aromatic N) is 1. The van der Waals surface area contributed by atoms with E-state index in [0.29, 0.717) is 21.8 Å². The van der Waals surface area contributed by atoms with E-state index in [1.54, 1.807) is 19.1 Å². The minimum absolute atomic E-state index is 0.278. The molecule has 0 saturated carbocycles. The number of carbonyl (C=O) groups excluding carboxylic acids is 2. The second-order valence-electron chi connectivity index (χ2n) is 5.91. The monoisotopic (exact) mass is 395 g/mol. The first-order valence-electron chi connectivity index (χ1n) is 8.38. The average Bonchev–Trinajstić information content (AvgIpc) is 3.09. The summed E-state index contributed by atoms with van der Waals surface area (Å²) in [4.78, 5) is 39.9. The number of aliphatic carboxylic acids is 1. The Bertz CT molecular complexity index is 1010. The summed E-state index contributed by atoms with van der Waals surface area (Å²) in [5.74, 6) is -1.89. The molecule has 28 heavy (non-hydrogen) atoms. The highest BCUT2D eigenvalue weighted by molar-refractivity contribution is 7.17. The Hall–Kier alpha value is -3.52. The first-order valence-corrected chi connectivity index (χ1v) is 9.20. The molecule has 0 atom stereocenters. The van der Waals surface area contributed by atoms with Crippen LogP contribution in [0.2, 0.25) is 0 Å². The van der Waals surface area contributed by atoms with E-state index in [1.165, 1.54) is 23.5 Å². The zero-order valence-corrected chi connectivity index (χ0v) is 15.7. The number of benzene rings is 2. The molecular formula is C20H17N3O4S. The predicted molar refractivity (Wildman–Crippen MR) is 107 cm³/mol. The van der Waals surface area contributed by atoms with Crippen LogP contribution in [0.5, 0.6) is 0 Å². The summed E-state index contributed by atoms with van der Waals surface area (Å²) >= 11 is 1.31. The van der Waals surface area contributed by atoms with Crippen LogP contribution in [0, 0.1) is 6.92 Å². The summed E-state index contributed by atoms with van der Waals surface area (Å²) in [5.41, 5.74) is 2.42. The van der Waals surface area contributed by atoms with Gasteiger partial charge < -0.3 is 15.7 Å². The molecule has 3 N–H and O–H groups in total. The van der Waals surface area contributed by atoms with Gasteiger partial charge in [0.2, 0.25) is 0 Å². The number of carbonyl (C=O) groups is 3. The average molecular weight is 395 g/mol. The quantitative estimate of drug-likeness (QED) is 0.594. The smallest absolute Gasteiger partial charge is 0.322 e. The van der Waals surface area contributed by atoms with Gasteiger partial charge >= 0.3 is 5.97 Å². The maximum atomic E-state index is 12.6. The summed E-state index contributed by atoms with van der Waals surface area (Å²) < 4.78 is 0. The summed E-state index contributed by atoms with van der Waals surface area (Å²) in [6.45, 7) is 1.33. The minimum atomic E-state index is -1.12. The summed E-state index contributed by atoms with van der Waals surface area (Å²) in [6, 6.07) is 15.8. The van der Waals surface area contributed by atoms with E-state index in [2.05, 4.69) is 15.6 Å². The second-order valence-corrected chi connectivity index (χ2v) is 6.91. The molecule has 8 heteroatoms. The summed E-state index contributed by atoms with van der Waals surface area (Å²) in [6.07, 6.45) is 0. The third-order valence-corrected chi connectivity index (χ3v) is 5.03. The minimum Gasteiger partial charge on any atom is -0.480 e. The summed E-state index contributed by atoms with van der Waals surface area (Å²) in [7, 11) is 0. The molecule has 0 fully saturated rings. The van der Waals surface area contributed by atoms with E-state index in [9.17, 15) is 14.4 Å². The largest absolute Gasteiger partial charge is 0.480 e. The number of thiazole rings is 1. The molecule has 0 saturated heterocycles. The summed E-state index contributed by atoms with van der Waals surface area (Å²) in [5, 5.41) is 14.4. The fourth-order valence-corrected chi connectivity index (χ4v) is 3.43. The number of hydrogen-bond donors (Lipinski definition) is 3. The zero-order valence-electron chi connectivity index (χ0n) is 14.9. The Labute approximate surface area is 165 Å². The van der Waals surface area contributed by atoms with E-state index in [1.807, 2.05) is 30.3 Å². The molecule has 7 nitrogen and oxygen atoms in total. The lowest BCUT2D eigenvalue weighted by atomic mass is 10.2. The molecule has 0 aliphatic carbocycles. The fraction of sp³-hybridized carbons (Fsp3) is 0.100. The Morgan fingerprint density at radius 3 is 2.32 bits per heavy atom. The molecular weight excluding hydrogens is 378 g/mol. The number of carboxylic acid groups (broad SMARTS) is 1. The van der Waals surface area contributed by atoms with Crippen molar-refractivity contribution in [1.82, 2.24) is 10.3 Å². The molecule has 0 unspecified atom stereocenters. The lowest BCUT2D eigenvalue weighted by Crippen LogP contribution is -2.29. The van der Waals surface area contributed by atoms with E-state index >= 15 is 0 Å². The number of hydrogen-bond acceptors (Lipinski definition) is 5. The van der Waals surface area contributed by atoms with Gasteiger partial charge in [-0.25, -0.2) is 4.98 Å². The van der Waals surface area contributed by atoms with Gasteiger partial charge in [-0.05, 0) is 31.2 Å². The fourth-order valence-electron chi connectivity index (χ4n) is 2.46. The van der Waals surface area contributed by atoms with Gasteiger partial charge in [-0.2, -0.15) is 0 Å². The number of amides is 2. The van der Waals surface area contributed by atoms with Crippen LogP contribution in [0.15, 0.2) is 54.6 Å². The first-order chi connectivity index (χ1) is 13.4. The molecule has 3 rings (SSSR count). The van der Waals surface area contributed by atoms with Crippen molar-refractivity contribution in [2.75, 3.05) is 11.9 Å². The molecule has 1 heterocycles. The molecule has 0 bridgehead atoms. The SMILES string of the molecule is Cc1nc(-c2ccccc2)sc1C(=O)Nc1ccc(C(=O)NCC(=O)O)cc1. The molecule has 3 aromatic rings. The van der Waals surface area contributed by atoms with Gasteiger partial charge in [-0.3, -0.25) is 14.4 Å². The highest BCUT2D eigenvalue weighted by Crippen LogP contribution is 2.28. The number of aryl methyl sites for hydroxylation is 1. The zero-order chi connectivity index (χ0) is 20.1. The van der Waals surface area contributed by atoms with Crippen LogP contribution >= 0.6 is 11.3 Å².